The van der Waals surface area contributed by atoms with Crippen molar-refractivity contribution in [3.63, 3.8) is 0 Å². The zero-order valence-corrected chi connectivity index (χ0v) is 27.5. The third kappa shape index (κ3) is 9.45. The molecule has 0 aliphatic carbocycles. The highest BCUT2D eigenvalue weighted by Crippen LogP contribution is 2.37. The smallest absolute Gasteiger partial charge is 0.272 e. The lowest BCUT2D eigenvalue weighted by Crippen LogP contribution is -2.30. The minimum Gasteiger partial charge on any atom is -0.325 e. The fourth-order valence-corrected chi connectivity index (χ4v) is 5.92. The van der Waals surface area contributed by atoms with Crippen molar-refractivity contribution in [2.75, 3.05) is 10.6 Å². The van der Waals surface area contributed by atoms with E-state index in [9.17, 15) is 14.4 Å². The van der Waals surface area contributed by atoms with E-state index < -0.39 is 17.1 Å². The van der Waals surface area contributed by atoms with Gasteiger partial charge in [-0.15, -0.1) is 11.8 Å². The van der Waals surface area contributed by atoms with Gasteiger partial charge in [0, 0.05) is 26.9 Å². The molecule has 0 saturated heterocycles. The summed E-state index contributed by atoms with van der Waals surface area (Å²) >= 11 is 7.43. The molecular formula is C39H34ClN3O3S. The second-order valence-electron chi connectivity index (χ2n) is 11.1. The van der Waals surface area contributed by atoms with Gasteiger partial charge in [-0.2, -0.15) is 0 Å². The predicted octanol–water partition coefficient (Wildman–Crippen LogP) is 9.35. The Morgan fingerprint density at radius 1 is 0.681 bits per heavy atom. The molecule has 0 radical (unpaired) electrons. The molecule has 1 atom stereocenters. The van der Waals surface area contributed by atoms with E-state index in [1.165, 1.54) is 17.3 Å². The molecule has 3 amide bonds. The van der Waals surface area contributed by atoms with Crippen LogP contribution in [0.2, 0.25) is 5.02 Å². The number of rotatable bonds is 11. The third-order valence-electron chi connectivity index (χ3n) is 7.24. The van der Waals surface area contributed by atoms with E-state index in [0.717, 1.165) is 16.1 Å². The van der Waals surface area contributed by atoms with Crippen molar-refractivity contribution in [3.8, 4) is 0 Å². The van der Waals surface area contributed by atoms with Gasteiger partial charge in [0.15, 0.2) is 0 Å². The zero-order chi connectivity index (χ0) is 33.2. The summed E-state index contributed by atoms with van der Waals surface area (Å²) in [5.41, 5.74) is 4.44. The average Bonchev–Trinajstić information content (AvgIpc) is 3.09. The van der Waals surface area contributed by atoms with Crippen molar-refractivity contribution in [2.24, 2.45) is 0 Å². The van der Waals surface area contributed by atoms with Gasteiger partial charge >= 0.3 is 0 Å². The van der Waals surface area contributed by atoms with Crippen LogP contribution in [-0.4, -0.2) is 17.7 Å². The highest BCUT2D eigenvalue weighted by atomic mass is 35.5. The van der Waals surface area contributed by atoms with Crippen LogP contribution in [0.4, 0.5) is 11.4 Å². The zero-order valence-electron chi connectivity index (χ0n) is 25.9. The van der Waals surface area contributed by atoms with Crippen molar-refractivity contribution in [1.82, 2.24) is 5.32 Å². The van der Waals surface area contributed by atoms with E-state index in [4.69, 9.17) is 11.6 Å². The van der Waals surface area contributed by atoms with Gasteiger partial charge in [0.2, 0.25) is 5.91 Å². The maximum absolute atomic E-state index is 13.6. The van der Waals surface area contributed by atoms with E-state index in [0.29, 0.717) is 27.8 Å². The molecule has 0 aromatic heterocycles. The highest BCUT2D eigenvalue weighted by molar-refractivity contribution is 8.00. The van der Waals surface area contributed by atoms with Crippen LogP contribution in [-0.2, 0) is 9.59 Å². The van der Waals surface area contributed by atoms with Gasteiger partial charge in [0.1, 0.15) is 10.9 Å². The maximum Gasteiger partial charge on any atom is 0.272 e. The second-order valence-corrected chi connectivity index (χ2v) is 12.7. The Balaban J connectivity index is 1.36. The molecule has 6 nitrogen and oxygen atoms in total. The van der Waals surface area contributed by atoms with E-state index in [-0.39, 0.29) is 11.6 Å². The van der Waals surface area contributed by atoms with Crippen LogP contribution in [0, 0.1) is 0 Å². The molecule has 1 unspecified atom stereocenters. The number of carbonyl (C=O) groups is 3. The Kier molecular flexibility index (Phi) is 11.3. The van der Waals surface area contributed by atoms with E-state index in [1.807, 2.05) is 78.9 Å². The summed E-state index contributed by atoms with van der Waals surface area (Å²) in [6.45, 7) is 4.26. The van der Waals surface area contributed by atoms with Gasteiger partial charge in [-0.05, 0) is 83.3 Å². The molecule has 0 aliphatic rings. The number of hydrogen-bond donors (Lipinski definition) is 3. The van der Waals surface area contributed by atoms with Crippen LogP contribution in [0.5, 0.6) is 0 Å². The minimum atomic E-state index is -0.558. The maximum atomic E-state index is 13.6. The van der Waals surface area contributed by atoms with Crippen LogP contribution in [0.3, 0.4) is 0 Å². The van der Waals surface area contributed by atoms with Crippen molar-refractivity contribution in [3.05, 3.63) is 166 Å². The van der Waals surface area contributed by atoms with Crippen molar-refractivity contribution in [2.45, 2.75) is 29.9 Å². The first kappa shape index (κ1) is 33.3. The molecular weight excluding hydrogens is 626 g/mol. The first-order valence-corrected chi connectivity index (χ1v) is 16.4. The van der Waals surface area contributed by atoms with E-state index in [2.05, 4.69) is 29.8 Å². The number of nitrogens with one attached hydrogen (secondary N) is 3. The molecule has 0 fully saturated rings. The molecule has 0 saturated carbocycles. The van der Waals surface area contributed by atoms with Crippen LogP contribution in [0.15, 0.2) is 144 Å². The standard InChI is InChI=1S/C39H34ClN3O3S/c1-26(2)28-18-22-32(23-19-28)41-39(46)36(29-10-5-3-6-11-29)47-34-15-9-14-33(25-34)42-38(45)35(24-27-16-20-31(40)21-17-27)43-37(44)30-12-7-4-8-13-30/h3-26,36H,1-2H3,(H,41,46)(H,42,45)(H,43,44)/b35-24-. The largest absolute Gasteiger partial charge is 0.325 e. The van der Waals surface area contributed by atoms with Crippen molar-refractivity contribution < 1.29 is 14.4 Å². The number of thioether (sulfide) groups is 1. The quantitative estimate of drug-likeness (QED) is 0.0974. The fourth-order valence-electron chi connectivity index (χ4n) is 4.71. The Labute approximate surface area is 284 Å². The van der Waals surface area contributed by atoms with Crippen LogP contribution in [0.25, 0.3) is 6.08 Å². The molecule has 5 rings (SSSR count). The molecule has 0 bridgehead atoms. The van der Waals surface area contributed by atoms with Crippen molar-refractivity contribution in [1.29, 1.82) is 0 Å². The van der Waals surface area contributed by atoms with Gasteiger partial charge in [0.25, 0.3) is 11.8 Å². The number of anilines is 2. The molecule has 5 aromatic rings. The number of amides is 3. The Morgan fingerprint density at radius 3 is 2.00 bits per heavy atom. The summed E-state index contributed by atoms with van der Waals surface area (Å²) < 4.78 is 0. The molecule has 47 heavy (non-hydrogen) atoms. The summed E-state index contributed by atoms with van der Waals surface area (Å²) in [7, 11) is 0. The van der Waals surface area contributed by atoms with Gasteiger partial charge in [-0.3, -0.25) is 14.4 Å². The van der Waals surface area contributed by atoms with Crippen molar-refractivity contribution >= 4 is 58.5 Å². The van der Waals surface area contributed by atoms with Gasteiger partial charge in [-0.1, -0.05) is 104 Å². The van der Waals surface area contributed by atoms with Crippen LogP contribution < -0.4 is 16.0 Å². The van der Waals surface area contributed by atoms with Gasteiger partial charge < -0.3 is 16.0 Å². The normalized spacial score (nSPS) is 11.9. The highest BCUT2D eigenvalue weighted by Gasteiger charge is 2.23. The van der Waals surface area contributed by atoms with Gasteiger partial charge in [0.05, 0.1) is 0 Å². The first-order chi connectivity index (χ1) is 22.7. The number of carbonyl (C=O) groups excluding carboxylic acids is 3. The fraction of sp³-hybridized carbons (Fsp3) is 0.103. The molecule has 0 aliphatic heterocycles. The Hall–Kier alpha value is -5.11. The van der Waals surface area contributed by atoms with Crippen LogP contribution >= 0.6 is 23.4 Å². The molecule has 3 N–H and O–H groups in total. The van der Waals surface area contributed by atoms with Gasteiger partial charge in [-0.25, -0.2) is 0 Å². The summed E-state index contributed by atoms with van der Waals surface area (Å²) in [6, 6.07) is 40.3. The molecule has 0 heterocycles. The lowest BCUT2D eigenvalue weighted by molar-refractivity contribution is -0.116. The second kappa shape index (κ2) is 15.9. The molecule has 0 spiro atoms. The molecule has 8 heteroatoms. The number of benzene rings is 5. The summed E-state index contributed by atoms with van der Waals surface area (Å²) in [4.78, 5) is 41.0. The van der Waals surface area contributed by atoms with Crippen LogP contribution in [0.1, 0.15) is 52.1 Å². The van der Waals surface area contributed by atoms with E-state index >= 15 is 0 Å². The lowest BCUT2D eigenvalue weighted by Gasteiger charge is -2.18. The van der Waals surface area contributed by atoms with E-state index in [1.54, 1.807) is 60.7 Å². The Morgan fingerprint density at radius 2 is 1.34 bits per heavy atom. The predicted molar refractivity (Wildman–Crippen MR) is 193 cm³/mol. The third-order valence-corrected chi connectivity index (χ3v) is 8.74. The minimum absolute atomic E-state index is 0.0595. The average molecular weight is 660 g/mol. The number of halogens is 1. The topological polar surface area (TPSA) is 87.3 Å². The summed E-state index contributed by atoms with van der Waals surface area (Å²) in [5.74, 6) is -0.691. The Bertz CT molecular complexity index is 1860. The number of hydrogen-bond acceptors (Lipinski definition) is 4. The molecule has 236 valence electrons. The molecule has 5 aromatic carbocycles. The first-order valence-electron chi connectivity index (χ1n) is 15.1. The lowest BCUT2D eigenvalue weighted by atomic mass is 10.0. The SMILES string of the molecule is CC(C)c1ccc(NC(=O)C(Sc2cccc(NC(=O)/C(=C/c3ccc(Cl)cc3)NC(=O)c3ccccc3)c2)c2ccccc2)cc1. The monoisotopic (exact) mass is 659 g/mol. The summed E-state index contributed by atoms with van der Waals surface area (Å²) in [6.07, 6.45) is 1.59. The summed E-state index contributed by atoms with van der Waals surface area (Å²) in [5, 5.41) is 8.72.